The zero-order chi connectivity index (χ0) is 19.8. The predicted octanol–water partition coefficient (Wildman–Crippen LogP) is 3.36. The van der Waals surface area contributed by atoms with Gasteiger partial charge in [0.1, 0.15) is 6.54 Å². The molecule has 7 heteroatoms. The molecule has 0 atom stereocenters. The molecule has 0 spiro atoms. The van der Waals surface area contributed by atoms with E-state index >= 15 is 0 Å². The van der Waals surface area contributed by atoms with Crippen molar-refractivity contribution in [2.24, 2.45) is 4.99 Å². The number of rotatable bonds is 5. The van der Waals surface area contributed by atoms with Crippen molar-refractivity contribution in [1.29, 1.82) is 0 Å². The SMILES string of the molecule is CN(C)C(=O)CN=C(NC1CCCCC1)NC1CCN(C2CCCCC2)CC1.I. The van der Waals surface area contributed by atoms with Crippen molar-refractivity contribution in [3.05, 3.63) is 0 Å². The van der Waals surface area contributed by atoms with Crippen molar-refractivity contribution in [2.75, 3.05) is 33.7 Å². The Labute approximate surface area is 194 Å². The molecule has 168 valence electrons. The van der Waals surface area contributed by atoms with Gasteiger partial charge in [-0.15, -0.1) is 24.0 Å². The van der Waals surface area contributed by atoms with Gasteiger partial charge in [0.2, 0.25) is 5.91 Å². The molecule has 0 radical (unpaired) electrons. The Morgan fingerprint density at radius 1 is 0.862 bits per heavy atom. The molecule has 29 heavy (non-hydrogen) atoms. The largest absolute Gasteiger partial charge is 0.354 e. The molecule has 1 amide bonds. The van der Waals surface area contributed by atoms with E-state index in [1.54, 1.807) is 19.0 Å². The molecule has 1 saturated heterocycles. The second kappa shape index (κ2) is 13.0. The van der Waals surface area contributed by atoms with E-state index in [0.717, 1.165) is 12.0 Å². The summed E-state index contributed by atoms with van der Waals surface area (Å²) in [5, 5.41) is 7.29. The molecule has 3 aliphatic rings. The summed E-state index contributed by atoms with van der Waals surface area (Å²) < 4.78 is 0. The summed E-state index contributed by atoms with van der Waals surface area (Å²) in [6.07, 6.45) is 15.7. The Kier molecular flexibility index (Phi) is 11.0. The number of carbonyl (C=O) groups is 1. The third kappa shape index (κ3) is 8.23. The van der Waals surface area contributed by atoms with Gasteiger partial charge in [0.25, 0.3) is 0 Å². The molecule has 0 aromatic carbocycles. The molecular weight excluding hydrogens is 477 g/mol. The maximum atomic E-state index is 12.0. The number of likely N-dealkylation sites (N-methyl/N-ethyl adjacent to an activating group) is 1. The molecule has 0 aromatic rings. The van der Waals surface area contributed by atoms with E-state index in [9.17, 15) is 4.79 Å². The minimum Gasteiger partial charge on any atom is -0.354 e. The lowest BCUT2D eigenvalue weighted by Crippen LogP contribution is -2.52. The molecule has 1 heterocycles. The minimum absolute atomic E-state index is 0. The minimum atomic E-state index is 0. The Balaban J connectivity index is 0.00000300. The fourth-order valence-electron chi connectivity index (χ4n) is 4.91. The summed E-state index contributed by atoms with van der Waals surface area (Å²) in [5.41, 5.74) is 0. The number of guanidine groups is 1. The van der Waals surface area contributed by atoms with Crippen molar-refractivity contribution < 1.29 is 4.79 Å². The molecule has 3 fully saturated rings. The van der Waals surface area contributed by atoms with Crippen LogP contribution in [-0.2, 0) is 4.79 Å². The van der Waals surface area contributed by atoms with Crippen LogP contribution < -0.4 is 10.6 Å². The van der Waals surface area contributed by atoms with Crippen LogP contribution in [0.4, 0.5) is 0 Å². The monoisotopic (exact) mass is 519 g/mol. The average molecular weight is 520 g/mol. The maximum Gasteiger partial charge on any atom is 0.243 e. The summed E-state index contributed by atoms with van der Waals surface area (Å²) in [6, 6.07) is 1.78. The van der Waals surface area contributed by atoms with Crippen molar-refractivity contribution in [3.8, 4) is 0 Å². The molecule has 0 aromatic heterocycles. The Hall–Kier alpha value is -0.570. The van der Waals surface area contributed by atoms with Crippen LogP contribution in [0.5, 0.6) is 0 Å². The van der Waals surface area contributed by atoms with E-state index in [4.69, 9.17) is 0 Å². The molecular formula is C22H42IN5O. The van der Waals surface area contributed by atoms with Gasteiger partial charge < -0.3 is 20.4 Å². The first-order valence-electron chi connectivity index (χ1n) is 11.6. The molecule has 2 aliphatic carbocycles. The first kappa shape index (κ1) is 24.7. The maximum absolute atomic E-state index is 12.0. The third-order valence-electron chi connectivity index (χ3n) is 6.78. The van der Waals surface area contributed by atoms with Crippen LogP contribution in [0.15, 0.2) is 4.99 Å². The second-order valence-corrected chi connectivity index (χ2v) is 9.18. The summed E-state index contributed by atoms with van der Waals surface area (Å²) in [4.78, 5) is 21.0. The van der Waals surface area contributed by atoms with Gasteiger partial charge in [0.15, 0.2) is 5.96 Å². The lowest BCUT2D eigenvalue weighted by Gasteiger charge is -2.40. The summed E-state index contributed by atoms with van der Waals surface area (Å²) in [6.45, 7) is 2.60. The topological polar surface area (TPSA) is 60.0 Å². The van der Waals surface area contributed by atoms with Gasteiger partial charge in [-0.2, -0.15) is 0 Å². The molecule has 3 rings (SSSR count). The molecule has 1 aliphatic heterocycles. The number of aliphatic imine (C=N–C) groups is 1. The lowest BCUT2D eigenvalue weighted by molar-refractivity contribution is -0.127. The molecule has 0 bridgehead atoms. The van der Waals surface area contributed by atoms with Gasteiger partial charge in [-0.05, 0) is 38.5 Å². The van der Waals surface area contributed by atoms with Crippen molar-refractivity contribution in [3.63, 3.8) is 0 Å². The van der Waals surface area contributed by atoms with Gasteiger partial charge in [0, 0.05) is 45.3 Å². The van der Waals surface area contributed by atoms with E-state index in [-0.39, 0.29) is 36.4 Å². The predicted molar refractivity (Wildman–Crippen MR) is 131 cm³/mol. The highest BCUT2D eigenvalue weighted by Gasteiger charge is 2.27. The number of carbonyl (C=O) groups excluding carboxylic acids is 1. The number of nitrogens with one attached hydrogen (secondary N) is 2. The van der Waals surface area contributed by atoms with Gasteiger partial charge in [-0.3, -0.25) is 4.79 Å². The molecule has 6 nitrogen and oxygen atoms in total. The standard InChI is InChI=1S/C22H41N5O.HI/c1-26(2)21(28)17-23-22(24-18-9-5-3-6-10-18)25-19-13-15-27(16-14-19)20-11-7-4-8-12-20;/h18-20H,3-17H2,1-2H3,(H2,23,24,25);1H. The highest BCUT2D eigenvalue weighted by molar-refractivity contribution is 14.0. The van der Waals surface area contributed by atoms with Crippen molar-refractivity contribution in [2.45, 2.75) is 95.2 Å². The number of halogens is 1. The van der Waals surface area contributed by atoms with Crippen LogP contribution in [0.3, 0.4) is 0 Å². The number of nitrogens with zero attached hydrogens (tertiary/aromatic N) is 3. The zero-order valence-corrected chi connectivity index (χ0v) is 20.8. The number of amides is 1. The highest BCUT2D eigenvalue weighted by atomic mass is 127. The van der Waals surface area contributed by atoms with Gasteiger partial charge in [-0.25, -0.2) is 4.99 Å². The van der Waals surface area contributed by atoms with E-state index in [2.05, 4.69) is 20.5 Å². The summed E-state index contributed by atoms with van der Waals surface area (Å²) in [7, 11) is 3.58. The van der Waals surface area contributed by atoms with E-state index in [1.807, 2.05) is 0 Å². The van der Waals surface area contributed by atoms with Crippen molar-refractivity contribution >= 4 is 35.8 Å². The normalized spacial score (nSPS) is 23.3. The van der Waals surface area contributed by atoms with Crippen LogP contribution in [-0.4, -0.2) is 73.5 Å². The van der Waals surface area contributed by atoms with Gasteiger partial charge in [-0.1, -0.05) is 38.5 Å². The zero-order valence-electron chi connectivity index (χ0n) is 18.5. The first-order chi connectivity index (χ1) is 13.6. The van der Waals surface area contributed by atoms with E-state index < -0.39 is 0 Å². The van der Waals surface area contributed by atoms with Crippen LogP contribution in [0, 0.1) is 0 Å². The number of hydrogen-bond acceptors (Lipinski definition) is 3. The van der Waals surface area contributed by atoms with E-state index in [1.165, 1.54) is 90.1 Å². The van der Waals surface area contributed by atoms with Crippen molar-refractivity contribution in [1.82, 2.24) is 20.4 Å². The smallest absolute Gasteiger partial charge is 0.243 e. The molecule has 0 unspecified atom stereocenters. The summed E-state index contributed by atoms with van der Waals surface area (Å²) >= 11 is 0. The van der Waals surface area contributed by atoms with Crippen LogP contribution in [0.25, 0.3) is 0 Å². The second-order valence-electron chi connectivity index (χ2n) is 9.18. The Bertz CT molecular complexity index is 507. The Morgan fingerprint density at radius 2 is 1.38 bits per heavy atom. The number of piperidine rings is 1. The van der Waals surface area contributed by atoms with E-state index in [0.29, 0.717) is 12.1 Å². The quantitative estimate of drug-likeness (QED) is 0.332. The molecule has 2 saturated carbocycles. The fourth-order valence-corrected chi connectivity index (χ4v) is 4.91. The first-order valence-corrected chi connectivity index (χ1v) is 11.6. The fraction of sp³-hybridized carbons (Fsp3) is 0.909. The third-order valence-corrected chi connectivity index (χ3v) is 6.78. The van der Waals surface area contributed by atoms with Crippen LogP contribution in [0.1, 0.15) is 77.0 Å². The van der Waals surface area contributed by atoms with Gasteiger partial charge >= 0.3 is 0 Å². The number of hydrogen-bond donors (Lipinski definition) is 2. The van der Waals surface area contributed by atoms with Crippen LogP contribution >= 0.6 is 24.0 Å². The Morgan fingerprint density at radius 3 is 1.93 bits per heavy atom. The average Bonchev–Trinajstić information content (AvgIpc) is 2.73. The van der Waals surface area contributed by atoms with Gasteiger partial charge in [0.05, 0.1) is 0 Å². The van der Waals surface area contributed by atoms with Crippen LogP contribution in [0.2, 0.25) is 0 Å². The lowest BCUT2D eigenvalue weighted by atomic mass is 9.92. The highest BCUT2D eigenvalue weighted by Crippen LogP contribution is 2.25. The summed E-state index contributed by atoms with van der Waals surface area (Å²) in [5.74, 6) is 0.898. The number of likely N-dealkylation sites (tertiary alicyclic amines) is 1. The molecule has 2 N–H and O–H groups in total.